The van der Waals surface area contributed by atoms with Crippen LogP contribution in [0.15, 0.2) is 53.0 Å². The molecule has 0 aliphatic carbocycles. The first-order chi connectivity index (χ1) is 8.15. The molecule has 0 saturated heterocycles. The van der Waals surface area contributed by atoms with Crippen LogP contribution >= 0.6 is 15.9 Å². The van der Waals surface area contributed by atoms with E-state index in [1.165, 1.54) is 11.6 Å². The number of benzene rings is 2. The summed E-state index contributed by atoms with van der Waals surface area (Å²) in [5, 5.41) is 0. The lowest BCUT2D eigenvalue weighted by molar-refractivity contribution is 0.627. The third kappa shape index (κ3) is 3.30. The Balaban J connectivity index is 2.11. The van der Waals surface area contributed by atoms with Gasteiger partial charge in [0.05, 0.1) is 0 Å². The van der Waals surface area contributed by atoms with E-state index in [9.17, 15) is 4.39 Å². The van der Waals surface area contributed by atoms with Gasteiger partial charge in [-0.15, -0.1) is 0 Å². The number of halogens is 2. The third-order valence-electron chi connectivity index (χ3n) is 2.58. The Hall–Kier alpha value is -1.35. The fraction of sp³-hybridized carbons (Fsp3) is 0.143. The van der Waals surface area contributed by atoms with Crippen LogP contribution in [0.25, 0.3) is 0 Å². The van der Waals surface area contributed by atoms with Gasteiger partial charge in [0.25, 0.3) is 0 Å². The van der Waals surface area contributed by atoms with Crippen LogP contribution < -0.4 is 4.90 Å². The van der Waals surface area contributed by atoms with E-state index in [1.54, 1.807) is 12.1 Å². The average Bonchev–Trinajstić information content (AvgIpc) is 2.32. The highest BCUT2D eigenvalue weighted by Gasteiger charge is 2.03. The zero-order valence-electron chi connectivity index (χ0n) is 9.53. The molecule has 0 aromatic heterocycles. The van der Waals surface area contributed by atoms with Crippen molar-refractivity contribution in [1.82, 2.24) is 0 Å². The van der Waals surface area contributed by atoms with Crippen LogP contribution in [-0.2, 0) is 6.54 Å². The molecule has 0 fully saturated rings. The predicted octanol–water partition coefficient (Wildman–Crippen LogP) is 4.22. The van der Waals surface area contributed by atoms with E-state index in [4.69, 9.17) is 0 Å². The van der Waals surface area contributed by atoms with Crippen molar-refractivity contribution in [2.24, 2.45) is 0 Å². The molecular weight excluding hydrogens is 281 g/mol. The molecule has 0 N–H and O–H groups in total. The maximum atomic E-state index is 13.1. The fourth-order valence-corrected chi connectivity index (χ4v) is 1.93. The average molecular weight is 294 g/mol. The Kier molecular flexibility index (Phi) is 3.79. The molecule has 0 saturated carbocycles. The van der Waals surface area contributed by atoms with Crippen molar-refractivity contribution in [3.8, 4) is 0 Å². The Bertz CT molecular complexity index is 496. The molecular formula is C14H13BrFN. The topological polar surface area (TPSA) is 3.24 Å². The van der Waals surface area contributed by atoms with Gasteiger partial charge in [-0.05, 0) is 35.9 Å². The summed E-state index contributed by atoms with van der Waals surface area (Å²) in [7, 11) is 1.96. The minimum Gasteiger partial charge on any atom is -0.370 e. The van der Waals surface area contributed by atoms with E-state index < -0.39 is 0 Å². The van der Waals surface area contributed by atoms with Crippen molar-refractivity contribution in [3.05, 3.63) is 64.4 Å². The van der Waals surface area contributed by atoms with Crippen molar-refractivity contribution >= 4 is 21.6 Å². The number of hydrogen-bond donors (Lipinski definition) is 0. The lowest BCUT2D eigenvalue weighted by atomic mass is 10.2. The summed E-state index contributed by atoms with van der Waals surface area (Å²) in [4.78, 5) is 2.02. The van der Waals surface area contributed by atoms with Gasteiger partial charge in [-0.3, -0.25) is 0 Å². The van der Waals surface area contributed by atoms with Gasteiger partial charge in [-0.1, -0.05) is 34.1 Å². The van der Waals surface area contributed by atoms with Crippen LogP contribution in [0.2, 0.25) is 0 Å². The second-order valence-electron chi connectivity index (χ2n) is 3.96. The summed E-state index contributed by atoms with van der Waals surface area (Å²) in [5.74, 6) is -0.204. The first-order valence-corrected chi connectivity index (χ1v) is 6.15. The number of anilines is 1. The van der Waals surface area contributed by atoms with E-state index in [2.05, 4.69) is 28.1 Å². The van der Waals surface area contributed by atoms with Crippen LogP contribution in [0.3, 0.4) is 0 Å². The first kappa shape index (κ1) is 12.1. The zero-order chi connectivity index (χ0) is 12.3. The summed E-state index contributed by atoms with van der Waals surface area (Å²) < 4.78 is 14.2. The van der Waals surface area contributed by atoms with E-state index in [-0.39, 0.29) is 5.82 Å². The van der Waals surface area contributed by atoms with Crippen LogP contribution in [-0.4, -0.2) is 7.05 Å². The van der Waals surface area contributed by atoms with Crippen molar-refractivity contribution in [3.63, 3.8) is 0 Å². The number of hydrogen-bond acceptors (Lipinski definition) is 1. The first-order valence-electron chi connectivity index (χ1n) is 5.36. The maximum absolute atomic E-state index is 13.1. The van der Waals surface area contributed by atoms with Gasteiger partial charge in [0.15, 0.2) is 0 Å². The highest BCUT2D eigenvalue weighted by Crippen LogP contribution is 2.17. The molecule has 17 heavy (non-hydrogen) atoms. The highest BCUT2D eigenvalue weighted by atomic mass is 79.9. The van der Waals surface area contributed by atoms with Crippen LogP contribution in [0.5, 0.6) is 0 Å². The van der Waals surface area contributed by atoms with E-state index in [1.807, 2.05) is 30.1 Å². The second kappa shape index (κ2) is 5.32. The summed E-state index contributed by atoms with van der Waals surface area (Å²) in [5.41, 5.74) is 2.08. The minimum absolute atomic E-state index is 0.204. The van der Waals surface area contributed by atoms with Gasteiger partial charge in [-0.25, -0.2) is 4.39 Å². The smallest absolute Gasteiger partial charge is 0.125 e. The summed E-state index contributed by atoms with van der Waals surface area (Å²) >= 11 is 3.40. The van der Waals surface area contributed by atoms with Crippen LogP contribution in [0, 0.1) is 5.82 Å². The maximum Gasteiger partial charge on any atom is 0.125 e. The van der Waals surface area contributed by atoms with Crippen molar-refractivity contribution in [2.45, 2.75) is 6.54 Å². The van der Waals surface area contributed by atoms with E-state index >= 15 is 0 Å². The molecule has 3 heteroatoms. The van der Waals surface area contributed by atoms with Gasteiger partial charge >= 0.3 is 0 Å². The van der Waals surface area contributed by atoms with Gasteiger partial charge in [0.2, 0.25) is 0 Å². The molecule has 0 heterocycles. The molecule has 0 spiro atoms. The Morgan fingerprint density at radius 1 is 1.12 bits per heavy atom. The molecule has 0 atom stereocenters. The standard InChI is InChI=1S/C14H13BrFN/c1-17(14-4-2-3-13(16)9-14)10-11-5-7-12(15)8-6-11/h2-9H,10H2,1H3. The van der Waals surface area contributed by atoms with Gasteiger partial charge in [0, 0.05) is 23.8 Å². The summed E-state index contributed by atoms with van der Waals surface area (Å²) in [6, 6.07) is 14.8. The SMILES string of the molecule is CN(Cc1ccc(Br)cc1)c1cccc(F)c1. The third-order valence-corrected chi connectivity index (χ3v) is 3.11. The molecule has 88 valence electrons. The quantitative estimate of drug-likeness (QED) is 0.819. The Morgan fingerprint density at radius 3 is 2.47 bits per heavy atom. The predicted molar refractivity (Wildman–Crippen MR) is 72.6 cm³/mol. The highest BCUT2D eigenvalue weighted by molar-refractivity contribution is 9.10. The normalized spacial score (nSPS) is 10.3. The van der Waals surface area contributed by atoms with Gasteiger partial charge in [0.1, 0.15) is 5.82 Å². The largest absolute Gasteiger partial charge is 0.370 e. The number of rotatable bonds is 3. The Labute approximate surface area is 109 Å². The van der Waals surface area contributed by atoms with E-state index in [0.29, 0.717) is 0 Å². The van der Waals surface area contributed by atoms with Crippen molar-refractivity contribution < 1.29 is 4.39 Å². The fourth-order valence-electron chi connectivity index (χ4n) is 1.67. The molecule has 0 bridgehead atoms. The van der Waals surface area contributed by atoms with Crippen molar-refractivity contribution in [1.29, 1.82) is 0 Å². The minimum atomic E-state index is -0.204. The molecule has 1 nitrogen and oxygen atoms in total. The molecule has 0 unspecified atom stereocenters. The molecule has 0 amide bonds. The molecule has 2 rings (SSSR count). The molecule has 0 aliphatic heterocycles. The van der Waals surface area contributed by atoms with Crippen molar-refractivity contribution in [2.75, 3.05) is 11.9 Å². The van der Waals surface area contributed by atoms with Gasteiger partial charge in [-0.2, -0.15) is 0 Å². The summed E-state index contributed by atoms with van der Waals surface area (Å²) in [6.07, 6.45) is 0. The lowest BCUT2D eigenvalue weighted by Crippen LogP contribution is -2.16. The lowest BCUT2D eigenvalue weighted by Gasteiger charge is -2.19. The molecule has 2 aromatic carbocycles. The number of nitrogens with zero attached hydrogens (tertiary/aromatic N) is 1. The molecule has 0 radical (unpaired) electrons. The molecule has 2 aromatic rings. The summed E-state index contributed by atoms with van der Waals surface area (Å²) in [6.45, 7) is 0.761. The van der Waals surface area contributed by atoms with Gasteiger partial charge < -0.3 is 4.90 Å². The van der Waals surface area contributed by atoms with Crippen LogP contribution in [0.4, 0.5) is 10.1 Å². The second-order valence-corrected chi connectivity index (χ2v) is 4.88. The monoisotopic (exact) mass is 293 g/mol. The van der Waals surface area contributed by atoms with E-state index in [0.717, 1.165) is 16.7 Å². The zero-order valence-corrected chi connectivity index (χ0v) is 11.1. The molecule has 0 aliphatic rings. The Morgan fingerprint density at radius 2 is 1.82 bits per heavy atom. The van der Waals surface area contributed by atoms with Crippen LogP contribution in [0.1, 0.15) is 5.56 Å².